The molecule has 3 atom stereocenters. The van der Waals surface area contributed by atoms with Crippen LogP contribution >= 0.6 is 0 Å². The maximum absolute atomic E-state index is 12.2. The van der Waals surface area contributed by atoms with Crippen molar-refractivity contribution in [1.82, 2.24) is 0 Å². The SMILES string of the molecule is CCC1(C)C(O)CC1c1cccc(OC(F)(F)F)c1. The van der Waals surface area contributed by atoms with Crippen molar-refractivity contribution in [3.05, 3.63) is 29.8 Å². The Balaban J connectivity index is 2.21. The van der Waals surface area contributed by atoms with Crippen molar-refractivity contribution in [2.45, 2.75) is 45.1 Å². The largest absolute Gasteiger partial charge is 0.573 e. The molecule has 0 spiro atoms. The van der Waals surface area contributed by atoms with Gasteiger partial charge in [-0.15, -0.1) is 13.2 Å². The second kappa shape index (κ2) is 4.71. The van der Waals surface area contributed by atoms with Gasteiger partial charge in [0.05, 0.1) is 6.10 Å². The minimum absolute atomic E-state index is 0.0734. The molecule has 0 aliphatic heterocycles. The van der Waals surface area contributed by atoms with E-state index in [1.54, 1.807) is 12.1 Å². The molecule has 5 heteroatoms. The third-order valence-corrected chi connectivity index (χ3v) is 4.27. The van der Waals surface area contributed by atoms with Crippen LogP contribution in [-0.2, 0) is 0 Å². The molecular weight excluding hydrogens is 257 g/mol. The van der Waals surface area contributed by atoms with Gasteiger partial charge in [-0.05, 0) is 36.5 Å². The molecule has 0 saturated heterocycles. The predicted octanol–water partition coefficient (Wildman–Crippen LogP) is 3.85. The molecule has 1 aromatic rings. The van der Waals surface area contributed by atoms with E-state index in [-0.39, 0.29) is 17.1 Å². The molecule has 2 rings (SSSR count). The summed E-state index contributed by atoms with van der Waals surface area (Å²) < 4.78 is 40.5. The highest BCUT2D eigenvalue weighted by Crippen LogP contribution is 2.55. The van der Waals surface area contributed by atoms with Gasteiger partial charge in [-0.1, -0.05) is 26.0 Å². The Kier molecular flexibility index (Phi) is 3.51. The van der Waals surface area contributed by atoms with Gasteiger partial charge in [0.25, 0.3) is 0 Å². The normalized spacial score (nSPS) is 30.8. The first-order valence-corrected chi connectivity index (χ1v) is 6.30. The Hall–Kier alpha value is -1.23. The van der Waals surface area contributed by atoms with E-state index in [1.807, 2.05) is 13.8 Å². The van der Waals surface area contributed by atoms with Crippen LogP contribution in [0, 0.1) is 5.41 Å². The number of halogens is 3. The summed E-state index contributed by atoms with van der Waals surface area (Å²) in [7, 11) is 0. The van der Waals surface area contributed by atoms with Crippen LogP contribution in [0.5, 0.6) is 5.75 Å². The van der Waals surface area contributed by atoms with Crippen molar-refractivity contribution in [3.8, 4) is 5.75 Å². The smallest absolute Gasteiger partial charge is 0.406 e. The lowest BCUT2D eigenvalue weighted by molar-refractivity contribution is -0.274. The molecule has 2 nitrogen and oxygen atoms in total. The van der Waals surface area contributed by atoms with Crippen LogP contribution in [0.2, 0.25) is 0 Å². The summed E-state index contributed by atoms with van der Waals surface area (Å²) in [5.41, 5.74) is 0.521. The number of benzene rings is 1. The number of ether oxygens (including phenoxy) is 1. The van der Waals surface area contributed by atoms with Gasteiger partial charge in [-0.25, -0.2) is 0 Å². The summed E-state index contributed by atoms with van der Waals surface area (Å²) in [6, 6.07) is 6.04. The van der Waals surface area contributed by atoms with Crippen molar-refractivity contribution in [2.24, 2.45) is 5.41 Å². The van der Waals surface area contributed by atoms with Crippen molar-refractivity contribution >= 4 is 0 Å². The molecule has 19 heavy (non-hydrogen) atoms. The number of hydrogen-bond acceptors (Lipinski definition) is 2. The van der Waals surface area contributed by atoms with Crippen LogP contribution < -0.4 is 4.74 Å². The molecule has 1 aliphatic rings. The molecule has 3 unspecified atom stereocenters. The Bertz CT molecular complexity index is 458. The van der Waals surface area contributed by atoms with Crippen molar-refractivity contribution < 1.29 is 23.0 Å². The monoisotopic (exact) mass is 274 g/mol. The highest BCUT2D eigenvalue weighted by Gasteiger charge is 2.50. The molecular formula is C14H17F3O2. The second-order valence-corrected chi connectivity index (χ2v) is 5.28. The molecule has 0 heterocycles. The van der Waals surface area contributed by atoms with Crippen molar-refractivity contribution in [3.63, 3.8) is 0 Å². The van der Waals surface area contributed by atoms with Crippen LogP contribution in [0.3, 0.4) is 0 Å². The summed E-state index contributed by atoms with van der Waals surface area (Å²) in [5.74, 6) is -0.130. The van der Waals surface area contributed by atoms with Crippen LogP contribution in [0.15, 0.2) is 24.3 Å². The van der Waals surface area contributed by atoms with E-state index >= 15 is 0 Å². The van der Waals surface area contributed by atoms with Crippen LogP contribution in [-0.4, -0.2) is 17.6 Å². The standard InChI is InChI=1S/C14H17F3O2/c1-3-13(2)11(8-12(13)18)9-5-4-6-10(7-9)19-14(15,16)17/h4-7,11-12,18H,3,8H2,1-2H3. The van der Waals surface area contributed by atoms with E-state index in [4.69, 9.17) is 0 Å². The lowest BCUT2D eigenvalue weighted by Gasteiger charge is -2.51. The molecule has 0 amide bonds. The third kappa shape index (κ3) is 2.71. The first-order valence-electron chi connectivity index (χ1n) is 6.30. The van der Waals surface area contributed by atoms with Gasteiger partial charge < -0.3 is 9.84 Å². The number of hydrogen-bond donors (Lipinski definition) is 1. The highest BCUT2D eigenvalue weighted by molar-refractivity contribution is 5.34. The molecule has 1 aliphatic carbocycles. The maximum Gasteiger partial charge on any atom is 0.573 e. The molecule has 106 valence electrons. The van der Waals surface area contributed by atoms with E-state index in [1.165, 1.54) is 12.1 Å². The first kappa shape index (κ1) is 14.2. The van der Waals surface area contributed by atoms with Crippen molar-refractivity contribution in [2.75, 3.05) is 0 Å². The molecule has 0 bridgehead atoms. The lowest BCUT2D eigenvalue weighted by atomic mass is 9.55. The zero-order chi connectivity index (χ0) is 14.3. The number of alkyl halides is 3. The number of rotatable bonds is 3. The van der Waals surface area contributed by atoms with E-state index in [0.29, 0.717) is 6.42 Å². The van der Waals surface area contributed by atoms with Crippen LogP contribution in [0.1, 0.15) is 38.2 Å². The fourth-order valence-electron chi connectivity index (χ4n) is 2.76. The average molecular weight is 274 g/mol. The van der Waals surface area contributed by atoms with Gasteiger partial charge in [0.2, 0.25) is 0 Å². The molecule has 0 aromatic heterocycles. The summed E-state index contributed by atoms with van der Waals surface area (Å²) >= 11 is 0. The van der Waals surface area contributed by atoms with Gasteiger partial charge in [0, 0.05) is 5.41 Å². The van der Waals surface area contributed by atoms with E-state index < -0.39 is 12.5 Å². The Morgan fingerprint density at radius 1 is 1.42 bits per heavy atom. The summed E-state index contributed by atoms with van der Waals surface area (Å²) in [4.78, 5) is 0. The highest BCUT2D eigenvalue weighted by atomic mass is 19.4. The molecule has 1 saturated carbocycles. The molecule has 0 radical (unpaired) electrons. The summed E-state index contributed by atoms with van der Waals surface area (Å²) in [5, 5.41) is 9.84. The van der Waals surface area contributed by atoms with Gasteiger partial charge in [0.15, 0.2) is 0 Å². The summed E-state index contributed by atoms with van der Waals surface area (Å²) in [6.07, 6.45) is -3.70. The molecule has 1 N–H and O–H groups in total. The topological polar surface area (TPSA) is 29.5 Å². The lowest BCUT2D eigenvalue weighted by Crippen LogP contribution is -2.49. The minimum Gasteiger partial charge on any atom is -0.406 e. The van der Waals surface area contributed by atoms with Gasteiger partial charge in [-0.2, -0.15) is 0 Å². The van der Waals surface area contributed by atoms with Crippen LogP contribution in [0.25, 0.3) is 0 Å². The van der Waals surface area contributed by atoms with E-state index in [9.17, 15) is 18.3 Å². The van der Waals surface area contributed by atoms with Gasteiger partial charge >= 0.3 is 6.36 Å². The first-order chi connectivity index (χ1) is 8.76. The second-order valence-electron chi connectivity index (χ2n) is 5.28. The third-order valence-electron chi connectivity index (χ3n) is 4.27. The van der Waals surface area contributed by atoms with E-state index in [2.05, 4.69) is 4.74 Å². The number of aliphatic hydroxyl groups is 1. The number of aliphatic hydroxyl groups excluding tert-OH is 1. The predicted molar refractivity (Wildman–Crippen MR) is 64.9 cm³/mol. The summed E-state index contributed by atoms with van der Waals surface area (Å²) in [6.45, 7) is 3.94. The fraction of sp³-hybridized carbons (Fsp3) is 0.571. The van der Waals surface area contributed by atoms with Crippen LogP contribution in [0.4, 0.5) is 13.2 Å². The van der Waals surface area contributed by atoms with Crippen molar-refractivity contribution in [1.29, 1.82) is 0 Å². The Morgan fingerprint density at radius 2 is 2.11 bits per heavy atom. The Morgan fingerprint density at radius 3 is 2.63 bits per heavy atom. The molecule has 1 aromatic carbocycles. The van der Waals surface area contributed by atoms with Gasteiger partial charge in [0.1, 0.15) is 5.75 Å². The van der Waals surface area contributed by atoms with E-state index in [0.717, 1.165) is 12.0 Å². The Labute approximate surface area is 110 Å². The minimum atomic E-state index is -4.67. The zero-order valence-electron chi connectivity index (χ0n) is 10.9. The average Bonchev–Trinajstić information content (AvgIpc) is 2.33. The fourth-order valence-corrected chi connectivity index (χ4v) is 2.76. The quantitative estimate of drug-likeness (QED) is 0.907. The zero-order valence-corrected chi connectivity index (χ0v) is 10.9. The molecule has 1 fully saturated rings. The van der Waals surface area contributed by atoms with Gasteiger partial charge in [-0.3, -0.25) is 0 Å². The maximum atomic E-state index is 12.2.